The largest absolute Gasteiger partial charge is 0.480 e. The number of hydrogen-bond donors (Lipinski definition) is 4. The second-order valence-electron chi connectivity index (χ2n) is 9.21. The predicted octanol–water partition coefficient (Wildman–Crippen LogP) is 1.91. The zero-order chi connectivity index (χ0) is 24.5. The Kier molecular flexibility index (Phi) is 9.44. The number of carbonyl (C=O) groups excluding carboxylic acids is 3. The Bertz CT molecular complexity index is 897. The summed E-state index contributed by atoms with van der Waals surface area (Å²) in [7, 11) is 0. The molecule has 0 bridgehead atoms. The number of benzene rings is 1. The minimum atomic E-state index is -1.21. The molecule has 2 aliphatic rings. The third-order valence-electron chi connectivity index (χ3n) is 6.62. The lowest BCUT2D eigenvalue weighted by Gasteiger charge is -2.25. The van der Waals surface area contributed by atoms with Crippen LogP contribution >= 0.6 is 0 Å². The number of nitrogens with zero attached hydrogens (tertiary/aromatic N) is 1. The van der Waals surface area contributed by atoms with Crippen LogP contribution in [-0.4, -0.2) is 65.9 Å². The Balaban J connectivity index is 1.52. The molecule has 9 heteroatoms. The first-order valence-corrected chi connectivity index (χ1v) is 12.3. The molecule has 0 unspecified atom stereocenters. The number of carboxylic acid groups (broad SMARTS) is 1. The van der Waals surface area contributed by atoms with Crippen LogP contribution in [0.25, 0.3) is 0 Å². The van der Waals surface area contributed by atoms with E-state index in [-0.39, 0.29) is 24.8 Å². The maximum absolute atomic E-state index is 12.9. The number of fused-ring (bicyclic) bond motifs is 1. The average molecular weight is 473 g/mol. The summed E-state index contributed by atoms with van der Waals surface area (Å²) in [4.78, 5) is 50.8. The molecule has 3 rings (SSSR count). The normalized spacial score (nSPS) is 16.7. The molecule has 1 aromatic rings. The van der Waals surface area contributed by atoms with E-state index < -0.39 is 17.9 Å². The Hall–Kier alpha value is -2.94. The Labute approximate surface area is 200 Å². The SMILES string of the molecule is CCCCCC(=O)N[C@@H](CNC(=O)c1ccc2c(c1)C(=O)N(CCC1CCNCC1)C2)C(=O)O. The molecule has 9 nitrogen and oxygen atoms in total. The fraction of sp³-hybridized carbons (Fsp3) is 0.600. The molecule has 186 valence electrons. The first-order chi connectivity index (χ1) is 16.4. The number of rotatable bonds is 12. The molecule has 3 amide bonds. The molecule has 0 aromatic heterocycles. The molecule has 0 aliphatic carbocycles. The number of carbonyl (C=O) groups is 4. The van der Waals surface area contributed by atoms with E-state index in [4.69, 9.17) is 0 Å². The number of piperidine rings is 1. The highest BCUT2D eigenvalue weighted by atomic mass is 16.4. The molecule has 0 saturated carbocycles. The summed E-state index contributed by atoms with van der Waals surface area (Å²) in [5, 5.41) is 17.8. The number of unbranched alkanes of at least 4 members (excludes halogenated alkanes) is 2. The van der Waals surface area contributed by atoms with Gasteiger partial charge in [0.25, 0.3) is 11.8 Å². The summed E-state index contributed by atoms with van der Waals surface area (Å²) in [5.41, 5.74) is 1.72. The van der Waals surface area contributed by atoms with Gasteiger partial charge in [0.05, 0.1) is 0 Å². The minimum absolute atomic E-state index is 0.0682. The van der Waals surface area contributed by atoms with E-state index in [9.17, 15) is 24.3 Å². The number of aliphatic carboxylic acids is 1. The molecule has 1 aromatic carbocycles. The van der Waals surface area contributed by atoms with Crippen LogP contribution in [0.2, 0.25) is 0 Å². The van der Waals surface area contributed by atoms with Crippen LogP contribution in [0.3, 0.4) is 0 Å². The third kappa shape index (κ3) is 7.03. The van der Waals surface area contributed by atoms with Crippen LogP contribution in [-0.2, 0) is 16.1 Å². The zero-order valence-corrected chi connectivity index (χ0v) is 19.9. The first kappa shape index (κ1) is 25.7. The van der Waals surface area contributed by atoms with Crippen molar-refractivity contribution in [1.29, 1.82) is 0 Å². The predicted molar refractivity (Wildman–Crippen MR) is 127 cm³/mol. The number of nitrogens with one attached hydrogen (secondary N) is 3. The molecule has 34 heavy (non-hydrogen) atoms. The van der Waals surface area contributed by atoms with Crippen LogP contribution < -0.4 is 16.0 Å². The molecule has 2 aliphatic heterocycles. The molecule has 4 N–H and O–H groups in total. The summed E-state index contributed by atoms with van der Waals surface area (Å²) in [5.74, 6) is -1.47. The summed E-state index contributed by atoms with van der Waals surface area (Å²) >= 11 is 0. The van der Waals surface area contributed by atoms with E-state index in [1.807, 2.05) is 11.8 Å². The maximum Gasteiger partial charge on any atom is 0.328 e. The highest BCUT2D eigenvalue weighted by Crippen LogP contribution is 2.26. The van der Waals surface area contributed by atoms with Crippen molar-refractivity contribution >= 4 is 23.7 Å². The van der Waals surface area contributed by atoms with Crippen molar-refractivity contribution in [3.63, 3.8) is 0 Å². The lowest BCUT2D eigenvalue weighted by atomic mass is 9.94. The lowest BCUT2D eigenvalue weighted by Crippen LogP contribution is -2.48. The topological polar surface area (TPSA) is 128 Å². The van der Waals surface area contributed by atoms with Gasteiger partial charge >= 0.3 is 5.97 Å². The fourth-order valence-corrected chi connectivity index (χ4v) is 4.49. The van der Waals surface area contributed by atoms with Crippen LogP contribution in [0.1, 0.15) is 78.1 Å². The van der Waals surface area contributed by atoms with Crippen molar-refractivity contribution in [2.75, 3.05) is 26.2 Å². The Morgan fingerprint density at radius 2 is 1.97 bits per heavy atom. The third-order valence-corrected chi connectivity index (χ3v) is 6.62. The maximum atomic E-state index is 12.9. The van der Waals surface area contributed by atoms with Crippen molar-refractivity contribution < 1.29 is 24.3 Å². The van der Waals surface area contributed by atoms with Crippen molar-refractivity contribution in [2.45, 2.75) is 64.5 Å². The quantitative estimate of drug-likeness (QED) is 0.344. The van der Waals surface area contributed by atoms with E-state index in [1.165, 1.54) is 0 Å². The molecular weight excluding hydrogens is 436 g/mol. The smallest absolute Gasteiger partial charge is 0.328 e. The molecular formula is C25H36N4O5. The fourth-order valence-electron chi connectivity index (χ4n) is 4.49. The van der Waals surface area contributed by atoms with E-state index in [0.29, 0.717) is 36.6 Å². The highest BCUT2D eigenvalue weighted by Gasteiger charge is 2.29. The van der Waals surface area contributed by atoms with E-state index in [2.05, 4.69) is 16.0 Å². The summed E-state index contributed by atoms with van der Waals surface area (Å²) < 4.78 is 0. The Morgan fingerprint density at radius 1 is 1.21 bits per heavy atom. The summed E-state index contributed by atoms with van der Waals surface area (Å²) in [6, 6.07) is 3.81. The average Bonchev–Trinajstić information content (AvgIpc) is 3.15. The second-order valence-corrected chi connectivity index (χ2v) is 9.21. The minimum Gasteiger partial charge on any atom is -0.480 e. The van der Waals surface area contributed by atoms with Gasteiger partial charge in [-0.1, -0.05) is 25.8 Å². The molecule has 0 spiro atoms. The van der Waals surface area contributed by atoms with Crippen LogP contribution in [0.15, 0.2) is 18.2 Å². The molecule has 1 saturated heterocycles. The van der Waals surface area contributed by atoms with Crippen LogP contribution in [0.5, 0.6) is 0 Å². The van der Waals surface area contributed by atoms with E-state index in [1.54, 1.807) is 18.2 Å². The van der Waals surface area contributed by atoms with Gasteiger partial charge in [-0.15, -0.1) is 0 Å². The zero-order valence-electron chi connectivity index (χ0n) is 19.9. The summed E-state index contributed by atoms with van der Waals surface area (Å²) in [6.07, 6.45) is 6.06. The molecule has 2 heterocycles. The first-order valence-electron chi connectivity index (χ1n) is 12.3. The van der Waals surface area contributed by atoms with Gasteiger partial charge in [-0.05, 0) is 62.4 Å². The van der Waals surface area contributed by atoms with Crippen molar-refractivity contribution in [1.82, 2.24) is 20.9 Å². The highest BCUT2D eigenvalue weighted by molar-refractivity contribution is 6.02. The number of carboxylic acids is 1. The van der Waals surface area contributed by atoms with Crippen LogP contribution in [0, 0.1) is 5.92 Å². The molecule has 0 radical (unpaired) electrons. The van der Waals surface area contributed by atoms with Crippen molar-refractivity contribution in [2.24, 2.45) is 5.92 Å². The van der Waals surface area contributed by atoms with Gasteiger partial charge in [0.1, 0.15) is 6.04 Å². The van der Waals surface area contributed by atoms with Gasteiger partial charge in [-0.3, -0.25) is 14.4 Å². The summed E-state index contributed by atoms with van der Waals surface area (Å²) in [6.45, 7) is 5.10. The van der Waals surface area contributed by atoms with Crippen molar-refractivity contribution in [3.8, 4) is 0 Å². The van der Waals surface area contributed by atoms with Gasteiger partial charge in [-0.2, -0.15) is 0 Å². The van der Waals surface area contributed by atoms with Crippen LogP contribution in [0.4, 0.5) is 0 Å². The van der Waals surface area contributed by atoms with Gasteiger partial charge in [0.15, 0.2) is 0 Å². The van der Waals surface area contributed by atoms with E-state index in [0.717, 1.165) is 50.8 Å². The van der Waals surface area contributed by atoms with Crippen molar-refractivity contribution in [3.05, 3.63) is 34.9 Å². The van der Waals surface area contributed by atoms with Gasteiger partial charge < -0.3 is 26.0 Å². The van der Waals surface area contributed by atoms with Gasteiger partial charge in [0.2, 0.25) is 5.91 Å². The van der Waals surface area contributed by atoms with Gasteiger partial charge in [0, 0.05) is 37.2 Å². The second kappa shape index (κ2) is 12.5. The monoisotopic (exact) mass is 472 g/mol. The van der Waals surface area contributed by atoms with E-state index >= 15 is 0 Å². The Morgan fingerprint density at radius 3 is 2.68 bits per heavy atom. The molecule has 1 fully saturated rings. The van der Waals surface area contributed by atoms with Gasteiger partial charge in [-0.25, -0.2) is 4.79 Å². The standard InChI is InChI=1S/C25H36N4O5/c1-2-3-4-5-22(30)28-21(25(33)34)15-27-23(31)18-6-7-19-16-29(24(32)20(19)14-18)13-10-17-8-11-26-12-9-17/h6-7,14,17,21,26H,2-5,8-13,15-16H2,1H3,(H,27,31)(H,28,30)(H,33,34)/t21-/m0/s1. The molecule has 1 atom stereocenters. The number of amides is 3. The number of hydrogen-bond acceptors (Lipinski definition) is 5. The lowest BCUT2D eigenvalue weighted by molar-refractivity contribution is -0.141.